The summed E-state index contributed by atoms with van der Waals surface area (Å²) in [5.41, 5.74) is 4.96. The molecule has 10 nitrogen and oxygen atoms in total. The fourth-order valence-corrected chi connectivity index (χ4v) is 4.39. The van der Waals surface area contributed by atoms with Crippen molar-refractivity contribution in [3.8, 4) is 11.3 Å². The van der Waals surface area contributed by atoms with Gasteiger partial charge in [-0.05, 0) is 49.7 Å². The van der Waals surface area contributed by atoms with E-state index >= 15 is 0 Å². The van der Waals surface area contributed by atoms with Gasteiger partial charge in [0, 0.05) is 23.2 Å². The van der Waals surface area contributed by atoms with Gasteiger partial charge in [-0.25, -0.2) is 9.37 Å². The fraction of sp³-hybridized carbons (Fsp3) is 0.227. The first-order chi connectivity index (χ1) is 15.9. The maximum absolute atomic E-state index is 14.5. The molecular weight excluding hydrogens is 425 g/mol. The average Bonchev–Trinajstić information content (AvgIpc) is 3.27. The van der Waals surface area contributed by atoms with E-state index in [1.54, 1.807) is 13.0 Å². The lowest BCUT2D eigenvalue weighted by Crippen LogP contribution is -2.50. The summed E-state index contributed by atoms with van der Waals surface area (Å²) in [5.74, 6) is 0.292. The molecule has 33 heavy (non-hydrogen) atoms. The fourth-order valence-electron chi connectivity index (χ4n) is 4.39. The van der Waals surface area contributed by atoms with Crippen molar-refractivity contribution in [1.82, 2.24) is 40.6 Å². The van der Waals surface area contributed by atoms with Gasteiger partial charge in [-0.1, -0.05) is 23.3 Å². The normalized spacial score (nSPS) is 17.6. The van der Waals surface area contributed by atoms with Gasteiger partial charge in [0.25, 0.3) is 5.95 Å². The van der Waals surface area contributed by atoms with Gasteiger partial charge in [0.1, 0.15) is 18.2 Å². The Kier molecular flexibility index (Phi) is 5.08. The molecule has 1 unspecified atom stereocenters. The number of aryl methyl sites for hydroxylation is 3. The highest BCUT2D eigenvalue weighted by atomic mass is 19.1. The predicted octanol–water partition coefficient (Wildman–Crippen LogP) is 3.66. The zero-order valence-electron chi connectivity index (χ0n) is 18.3. The maximum Gasteiger partial charge on any atom is 0.269 e. The molecule has 1 atom stereocenters. The smallest absolute Gasteiger partial charge is 0.269 e. The number of anilines is 2. The van der Waals surface area contributed by atoms with Crippen LogP contribution in [0.4, 0.5) is 27.8 Å². The van der Waals surface area contributed by atoms with Crippen molar-refractivity contribution in [3.05, 3.63) is 69.7 Å². The molecule has 4 aromatic rings. The number of halogens is 1. The van der Waals surface area contributed by atoms with Gasteiger partial charge in [0.05, 0.1) is 11.3 Å². The van der Waals surface area contributed by atoms with Crippen molar-refractivity contribution in [3.63, 3.8) is 0 Å². The van der Waals surface area contributed by atoms with Crippen LogP contribution in [-0.4, -0.2) is 37.3 Å². The van der Waals surface area contributed by atoms with Crippen LogP contribution in [0.1, 0.15) is 22.3 Å². The number of hydrogen-bond acceptors (Lipinski definition) is 8. The molecule has 2 aromatic carbocycles. The van der Waals surface area contributed by atoms with E-state index in [1.807, 2.05) is 32.0 Å². The molecule has 0 fully saturated rings. The summed E-state index contributed by atoms with van der Waals surface area (Å²) in [7, 11) is 0. The third kappa shape index (κ3) is 3.61. The van der Waals surface area contributed by atoms with Crippen molar-refractivity contribution in [1.29, 1.82) is 0 Å². The average molecular weight is 447 g/mol. The van der Waals surface area contributed by atoms with Crippen molar-refractivity contribution in [2.24, 2.45) is 0 Å². The van der Waals surface area contributed by atoms with E-state index in [2.05, 4.69) is 41.2 Å². The maximum atomic E-state index is 14.5. The number of quaternary nitrogens is 1. The number of para-hydroxylation sites is 1. The van der Waals surface area contributed by atoms with Crippen LogP contribution in [0.15, 0.2) is 36.4 Å². The SMILES string of the molecule is Cc1cc(F)ccc1-c1nc(Nc2nn[nH]n2)nc2c1CNC[N+]2([O-])c1c(C)cccc1C. The number of tetrazole rings is 1. The topological polar surface area (TPSA) is 127 Å². The van der Waals surface area contributed by atoms with Crippen molar-refractivity contribution >= 4 is 23.4 Å². The van der Waals surface area contributed by atoms with E-state index in [9.17, 15) is 9.60 Å². The number of H-pyrrole nitrogens is 1. The van der Waals surface area contributed by atoms with Gasteiger partial charge < -0.3 is 5.21 Å². The van der Waals surface area contributed by atoms with Crippen molar-refractivity contribution in [2.75, 3.05) is 12.0 Å². The Morgan fingerprint density at radius 2 is 1.82 bits per heavy atom. The Morgan fingerprint density at radius 1 is 1.03 bits per heavy atom. The molecule has 0 bridgehead atoms. The Bertz CT molecular complexity index is 1320. The summed E-state index contributed by atoms with van der Waals surface area (Å²) in [5, 5.41) is 34.4. The lowest BCUT2D eigenvalue weighted by atomic mass is 9.99. The summed E-state index contributed by atoms with van der Waals surface area (Å²) in [6.45, 7) is 6.15. The Balaban J connectivity index is 1.78. The van der Waals surface area contributed by atoms with Gasteiger partial charge in [-0.15, -0.1) is 5.10 Å². The van der Waals surface area contributed by atoms with Crippen LogP contribution in [-0.2, 0) is 6.54 Å². The van der Waals surface area contributed by atoms with E-state index in [4.69, 9.17) is 0 Å². The van der Waals surface area contributed by atoms with Crippen LogP contribution in [0.5, 0.6) is 0 Å². The Morgan fingerprint density at radius 3 is 2.52 bits per heavy atom. The second-order valence-electron chi connectivity index (χ2n) is 8.08. The molecule has 0 saturated carbocycles. The standard InChI is InChI=1S/C22H22FN9O/c1-12-5-4-6-13(2)19(12)32(33)11-24-10-17-18(16-8-7-15(23)9-14(16)3)25-21(26-20(17)32)27-22-28-30-31-29-22/h4-9,24H,10-11H2,1-3H3,(H2,25,26,27,28,29,30,31). The summed E-state index contributed by atoms with van der Waals surface area (Å²) in [6.07, 6.45) is 0. The second-order valence-corrected chi connectivity index (χ2v) is 8.08. The van der Waals surface area contributed by atoms with Gasteiger partial charge in [0.15, 0.2) is 0 Å². The van der Waals surface area contributed by atoms with Crippen LogP contribution in [0.25, 0.3) is 11.3 Å². The molecule has 0 aliphatic carbocycles. The molecule has 0 radical (unpaired) electrons. The quantitative estimate of drug-likeness (QED) is 0.319. The molecule has 11 heteroatoms. The molecule has 2 aromatic heterocycles. The minimum absolute atomic E-state index is 0.110. The number of fused-ring (bicyclic) bond motifs is 1. The lowest BCUT2D eigenvalue weighted by molar-refractivity contribution is 0.404. The second kappa shape index (κ2) is 7.96. The number of aromatic nitrogens is 6. The number of hydrogen-bond donors (Lipinski definition) is 3. The van der Waals surface area contributed by atoms with E-state index in [-0.39, 0.29) is 24.4 Å². The molecule has 3 N–H and O–H groups in total. The van der Waals surface area contributed by atoms with Crippen LogP contribution in [0.2, 0.25) is 0 Å². The van der Waals surface area contributed by atoms with E-state index in [0.717, 1.165) is 11.1 Å². The van der Waals surface area contributed by atoms with Gasteiger partial charge in [0.2, 0.25) is 11.8 Å². The number of rotatable bonds is 4. The number of hydroxylamine groups is 1. The highest BCUT2D eigenvalue weighted by molar-refractivity contribution is 5.77. The minimum Gasteiger partial charge on any atom is -0.620 e. The lowest BCUT2D eigenvalue weighted by Gasteiger charge is -2.45. The minimum atomic E-state index is -0.801. The van der Waals surface area contributed by atoms with Crippen LogP contribution in [0.3, 0.4) is 0 Å². The first kappa shape index (κ1) is 21.1. The summed E-state index contributed by atoms with van der Waals surface area (Å²) in [6, 6.07) is 10.2. The van der Waals surface area contributed by atoms with Crippen LogP contribution < -0.4 is 15.3 Å². The highest BCUT2D eigenvalue weighted by Crippen LogP contribution is 2.43. The van der Waals surface area contributed by atoms with Gasteiger partial charge in [-0.3, -0.25) is 15.3 Å². The van der Waals surface area contributed by atoms with Gasteiger partial charge >= 0.3 is 0 Å². The van der Waals surface area contributed by atoms with E-state index in [0.29, 0.717) is 40.4 Å². The first-order valence-corrected chi connectivity index (χ1v) is 10.4. The molecule has 3 heterocycles. The van der Waals surface area contributed by atoms with Gasteiger partial charge in [-0.2, -0.15) is 10.2 Å². The summed E-state index contributed by atoms with van der Waals surface area (Å²) < 4.78 is 13.0. The molecular formula is C22H22FN9O. The molecule has 1 aliphatic heterocycles. The molecule has 0 spiro atoms. The number of nitrogens with one attached hydrogen (secondary N) is 3. The summed E-state index contributed by atoms with van der Waals surface area (Å²) >= 11 is 0. The molecule has 0 saturated heterocycles. The predicted molar refractivity (Wildman–Crippen MR) is 122 cm³/mol. The molecule has 0 amide bonds. The number of aromatic amines is 1. The van der Waals surface area contributed by atoms with Crippen molar-refractivity contribution in [2.45, 2.75) is 27.3 Å². The van der Waals surface area contributed by atoms with Crippen LogP contribution in [0, 0.1) is 31.8 Å². The molecule has 168 valence electrons. The third-order valence-electron chi connectivity index (χ3n) is 5.78. The monoisotopic (exact) mass is 447 g/mol. The number of nitrogens with zero attached hydrogens (tertiary/aromatic N) is 6. The highest BCUT2D eigenvalue weighted by Gasteiger charge is 2.37. The first-order valence-electron chi connectivity index (χ1n) is 10.4. The van der Waals surface area contributed by atoms with Crippen molar-refractivity contribution < 1.29 is 4.39 Å². The zero-order chi connectivity index (χ0) is 23.2. The third-order valence-corrected chi connectivity index (χ3v) is 5.78. The summed E-state index contributed by atoms with van der Waals surface area (Å²) in [4.78, 5) is 9.31. The Labute approximate surface area is 189 Å². The van der Waals surface area contributed by atoms with E-state index in [1.165, 1.54) is 12.1 Å². The molecule has 1 aliphatic rings. The Hall–Kier alpha value is -3.80. The number of benzene rings is 2. The molecule has 5 rings (SSSR count). The largest absolute Gasteiger partial charge is 0.620 e. The van der Waals surface area contributed by atoms with Crippen LogP contribution >= 0.6 is 0 Å². The zero-order valence-corrected chi connectivity index (χ0v) is 18.3. The van der Waals surface area contributed by atoms with E-state index < -0.39 is 4.65 Å².